The molecule has 1 aliphatic heterocycles. The second-order valence-corrected chi connectivity index (χ2v) is 7.12. The molecule has 66 valence electrons. The average molecular weight is 190 g/mol. The molecule has 1 aliphatic rings. The minimum Gasteiger partial charge on any atom is -0.382 e. The van der Waals surface area contributed by atoms with E-state index in [1.807, 2.05) is 0 Å². The molecule has 0 bridgehead atoms. The van der Waals surface area contributed by atoms with Gasteiger partial charge < -0.3 is 4.74 Å². The average Bonchev–Trinajstić information content (AvgIpc) is 2.07. The van der Waals surface area contributed by atoms with Crippen LogP contribution in [0.3, 0.4) is 0 Å². The fourth-order valence-electron chi connectivity index (χ4n) is 1.60. The predicted octanol–water partition coefficient (Wildman–Crippen LogP) is 1.88. The van der Waals surface area contributed by atoms with E-state index in [1.54, 1.807) is 0 Å². The van der Waals surface area contributed by atoms with Crippen LogP contribution >= 0.6 is 12.6 Å². The topological polar surface area (TPSA) is 9.23 Å². The van der Waals surface area contributed by atoms with Crippen molar-refractivity contribution in [2.45, 2.75) is 37.6 Å². The van der Waals surface area contributed by atoms with Crippen molar-refractivity contribution in [3.63, 3.8) is 0 Å². The number of ether oxygens (including phenoxy) is 1. The summed E-state index contributed by atoms with van der Waals surface area (Å²) in [4.78, 5) is 0. The zero-order valence-corrected chi connectivity index (χ0v) is 9.30. The molecule has 1 fully saturated rings. The van der Waals surface area contributed by atoms with Gasteiger partial charge in [0.25, 0.3) is 0 Å². The Morgan fingerprint density at radius 2 is 2.36 bits per heavy atom. The Labute approximate surface area is 76.5 Å². The zero-order valence-electron chi connectivity index (χ0n) is 7.25. The number of thiol groups is 1. The van der Waals surface area contributed by atoms with Crippen LogP contribution in [0.5, 0.6) is 0 Å². The maximum atomic E-state index is 5.72. The second kappa shape index (κ2) is 5.22. The fourth-order valence-corrected chi connectivity index (χ4v) is 4.87. The summed E-state index contributed by atoms with van der Waals surface area (Å²) in [6.45, 7) is 3.42. The standard InChI is InChI=1S/C8H18OSSi/c1-11(7-6-10)8-4-2-3-5-9-8/h8,10-11H,2-7H2,1H3. The summed E-state index contributed by atoms with van der Waals surface area (Å²) in [7, 11) is -0.582. The molecule has 1 rings (SSSR count). The van der Waals surface area contributed by atoms with E-state index in [4.69, 9.17) is 4.74 Å². The Bertz CT molecular complexity index is 104. The third-order valence-electron chi connectivity index (χ3n) is 2.43. The molecule has 2 atom stereocenters. The molecule has 11 heavy (non-hydrogen) atoms. The number of hydrogen-bond donors (Lipinski definition) is 1. The van der Waals surface area contributed by atoms with Crippen molar-refractivity contribution >= 4 is 21.4 Å². The lowest BCUT2D eigenvalue weighted by Gasteiger charge is -2.26. The fraction of sp³-hybridized carbons (Fsp3) is 1.00. The smallest absolute Gasteiger partial charge is 0.0694 e. The van der Waals surface area contributed by atoms with E-state index in [9.17, 15) is 0 Å². The minimum atomic E-state index is -0.582. The van der Waals surface area contributed by atoms with Gasteiger partial charge in [0.1, 0.15) is 0 Å². The van der Waals surface area contributed by atoms with Crippen LogP contribution in [-0.4, -0.2) is 26.9 Å². The van der Waals surface area contributed by atoms with Crippen molar-refractivity contribution in [1.29, 1.82) is 0 Å². The summed E-state index contributed by atoms with van der Waals surface area (Å²) < 4.78 is 5.72. The highest BCUT2D eigenvalue weighted by Crippen LogP contribution is 2.17. The molecule has 0 radical (unpaired) electrons. The van der Waals surface area contributed by atoms with Crippen LogP contribution in [-0.2, 0) is 4.74 Å². The zero-order chi connectivity index (χ0) is 8.10. The van der Waals surface area contributed by atoms with Crippen molar-refractivity contribution in [3.05, 3.63) is 0 Å². The molecule has 0 aromatic carbocycles. The predicted molar refractivity (Wildman–Crippen MR) is 55.3 cm³/mol. The highest BCUT2D eigenvalue weighted by atomic mass is 32.1. The first-order chi connectivity index (χ1) is 5.34. The lowest BCUT2D eigenvalue weighted by atomic mass is 10.2. The minimum absolute atomic E-state index is 0.582. The summed E-state index contributed by atoms with van der Waals surface area (Å²) in [5.41, 5.74) is 0.663. The van der Waals surface area contributed by atoms with Crippen molar-refractivity contribution in [3.8, 4) is 0 Å². The van der Waals surface area contributed by atoms with Crippen molar-refractivity contribution in [1.82, 2.24) is 0 Å². The highest BCUT2D eigenvalue weighted by molar-refractivity contribution is 7.80. The first-order valence-corrected chi connectivity index (χ1v) is 7.84. The normalized spacial score (nSPS) is 28.4. The van der Waals surface area contributed by atoms with Gasteiger partial charge in [-0.15, -0.1) is 0 Å². The van der Waals surface area contributed by atoms with Crippen molar-refractivity contribution in [2.75, 3.05) is 12.4 Å². The molecule has 2 unspecified atom stereocenters. The first-order valence-electron chi connectivity index (χ1n) is 4.57. The summed E-state index contributed by atoms with van der Waals surface area (Å²) in [6, 6.07) is 1.33. The van der Waals surface area contributed by atoms with E-state index in [0.717, 1.165) is 12.4 Å². The molecule has 0 saturated carbocycles. The van der Waals surface area contributed by atoms with Crippen LogP contribution in [0.15, 0.2) is 0 Å². The molecule has 0 spiro atoms. The Hall–Kier alpha value is 0.527. The van der Waals surface area contributed by atoms with Crippen LogP contribution in [0.1, 0.15) is 19.3 Å². The van der Waals surface area contributed by atoms with Gasteiger partial charge in [0.05, 0.1) is 8.80 Å². The highest BCUT2D eigenvalue weighted by Gasteiger charge is 2.20. The van der Waals surface area contributed by atoms with Gasteiger partial charge in [-0.1, -0.05) is 6.55 Å². The van der Waals surface area contributed by atoms with Gasteiger partial charge in [-0.05, 0) is 31.1 Å². The monoisotopic (exact) mass is 190 g/mol. The number of hydrogen-bond acceptors (Lipinski definition) is 2. The molecule has 0 amide bonds. The van der Waals surface area contributed by atoms with E-state index in [2.05, 4.69) is 19.2 Å². The van der Waals surface area contributed by atoms with Gasteiger partial charge in [-0.3, -0.25) is 0 Å². The van der Waals surface area contributed by atoms with E-state index >= 15 is 0 Å². The van der Waals surface area contributed by atoms with Crippen LogP contribution in [0.2, 0.25) is 12.6 Å². The first kappa shape index (κ1) is 9.61. The van der Waals surface area contributed by atoms with E-state index in [0.29, 0.717) is 5.73 Å². The molecule has 1 nitrogen and oxygen atoms in total. The molecular weight excluding hydrogens is 172 g/mol. The third-order valence-corrected chi connectivity index (χ3v) is 6.17. The van der Waals surface area contributed by atoms with Crippen LogP contribution in [0.4, 0.5) is 0 Å². The lowest BCUT2D eigenvalue weighted by Crippen LogP contribution is -2.33. The van der Waals surface area contributed by atoms with Gasteiger partial charge in [0, 0.05) is 12.3 Å². The van der Waals surface area contributed by atoms with E-state index in [1.165, 1.54) is 25.3 Å². The molecular formula is C8H18OSSi. The van der Waals surface area contributed by atoms with Crippen LogP contribution in [0, 0.1) is 0 Å². The van der Waals surface area contributed by atoms with Gasteiger partial charge in [0.15, 0.2) is 0 Å². The van der Waals surface area contributed by atoms with Gasteiger partial charge in [-0.2, -0.15) is 12.6 Å². The number of rotatable bonds is 3. The molecule has 3 heteroatoms. The Morgan fingerprint density at radius 3 is 2.91 bits per heavy atom. The van der Waals surface area contributed by atoms with Gasteiger partial charge in [-0.25, -0.2) is 0 Å². The van der Waals surface area contributed by atoms with Gasteiger partial charge >= 0.3 is 0 Å². The second-order valence-electron chi connectivity index (χ2n) is 3.39. The summed E-state index contributed by atoms with van der Waals surface area (Å²) in [5.74, 6) is 1.05. The van der Waals surface area contributed by atoms with Crippen LogP contribution < -0.4 is 0 Å². The summed E-state index contributed by atoms with van der Waals surface area (Å²) >= 11 is 4.26. The van der Waals surface area contributed by atoms with Crippen LogP contribution in [0.25, 0.3) is 0 Å². The quantitative estimate of drug-likeness (QED) is 0.528. The van der Waals surface area contributed by atoms with E-state index < -0.39 is 8.80 Å². The lowest BCUT2D eigenvalue weighted by molar-refractivity contribution is 0.0627. The largest absolute Gasteiger partial charge is 0.382 e. The van der Waals surface area contributed by atoms with Crippen molar-refractivity contribution < 1.29 is 4.74 Å². The Kier molecular flexibility index (Phi) is 4.56. The summed E-state index contributed by atoms with van der Waals surface area (Å²) in [5, 5.41) is 0. The van der Waals surface area contributed by atoms with E-state index in [-0.39, 0.29) is 0 Å². The maximum absolute atomic E-state index is 5.72. The van der Waals surface area contributed by atoms with Crippen molar-refractivity contribution in [2.24, 2.45) is 0 Å². The Morgan fingerprint density at radius 1 is 1.55 bits per heavy atom. The Balaban J connectivity index is 2.21. The van der Waals surface area contributed by atoms with Gasteiger partial charge in [0.2, 0.25) is 0 Å². The molecule has 0 aliphatic carbocycles. The third kappa shape index (κ3) is 3.17. The molecule has 1 saturated heterocycles. The maximum Gasteiger partial charge on any atom is 0.0694 e. The summed E-state index contributed by atoms with van der Waals surface area (Å²) in [6.07, 6.45) is 3.98. The molecule has 0 N–H and O–H groups in total. The SMILES string of the molecule is C[SiH](CCS)C1CCCCO1. The molecule has 0 aromatic heterocycles. The molecule has 0 aromatic rings. The molecule has 1 heterocycles.